The van der Waals surface area contributed by atoms with Crippen molar-refractivity contribution in [2.75, 3.05) is 57.9 Å². The lowest BCUT2D eigenvalue weighted by molar-refractivity contribution is -0.128. The highest BCUT2D eigenvalue weighted by Gasteiger charge is 2.47. The highest BCUT2D eigenvalue weighted by molar-refractivity contribution is 6.35. The van der Waals surface area contributed by atoms with E-state index < -0.39 is 17.4 Å². The maximum absolute atomic E-state index is 15.3. The fourth-order valence-electron chi connectivity index (χ4n) is 7.13. The smallest absolute Gasteiger partial charge is 0.261 e. The van der Waals surface area contributed by atoms with Gasteiger partial charge < -0.3 is 29.3 Å². The Morgan fingerprint density at radius 2 is 1.95 bits per heavy atom. The molecule has 1 unspecified atom stereocenters. The molecule has 2 amide bonds. The van der Waals surface area contributed by atoms with E-state index in [1.54, 1.807) is 9.80 Å². The summed E-state index contributed by atoms with van der Waals surface area (Å²) in [4.78, 5) is 39.6. The molecule has 3 fully saturated rings. The molecular weight excluding hydrogens is 589 g/mol. The number of carbonyl (C=O) groups excluding carboxylic acids is 2. The number of carbonyl (C=O) groups is 2. The van der Waals surface area contributed by atoms with E-state index in [9.17, 15) is 14.7 Å². The largest absolute Gasteiger partial charge is 0.507 e. The molecule has 5 heterocycles. The maximum atomic E-state index is 15.3. The minimum Gasteiger partial charge on any atom is -0.507 e. The van der Waals surface area contributed by atoms with Crippen LogP contribution >= 0.6 is 11.6 Å². The second-order valence-electron chi connectivity index (χ2n) is 12.7. The van der Waals surface area contributed by atoms with E-state index in [2.05, 4.69) is 37.3 Å². The molecular formula is C32H39ClFN5O5. The molecule has 4 aliphatic heterocycles. The average Bonchev–Trinajstić information content (AvgIpc) is 3.26. The summed E-state index contributed by atoms with van der Waals surface area (Å²) in [5.74, 6) is -1.09. The second-order valence-corrected chi connectivity index (χ2v) is 13.1. The third kappa shape index (κ3) is 5.28. The number of piperazine rings is 1. The number of amides is 2. The molecule has 0 aliphatic carbocycles. The third-order valence-electron chi connectivity index (χ3n) is 9.63. The topological polar surface area (TPSA) is 98.7 Å². The van der Waals surface area contributed by atoms with Crippen molar-refractivity contribution in [1.82, 2.24) is 19.7 Å². The number of ether oxygens (including phenoxy) is 2. The van der Waals surface area contributed by atoms with Gasteiger partial charge in [0.15, 0.2) is 5.75 Å². The number of phenols is 1. The number of nitrogens with zero attached hydrogens (tertiary/aromatic N) is 5. The van der Waals surface area contributed by atoms with E-state index in [0.29, 0.717) is 31.5 Å². The van der Waals surface area contributed by atoms with E-state index in [0.717, 1.165) is 32.5 Å². The number of fused-ring (bicyclic) bond motifs is 2. The Morgan fingerprint density at radius 3 is 2.66 bits per heavy atom. The molecule has 1 aromatic heterocycles. The van der Waals surface area contributed by atoms with E-state index >= 15 is 4.39 Å². The van der Waals surface area contributed by atoms with Crippen LogP contribution in [-0.4, -0.2) is 113 Å². The van der Waals surface area contributed by atoms with Gasteiger partial charge in [-0.05, 0) is 58.4 Å². The zero-order chi connectivity index (χ0) is 31.3. The Labute approximate surface area is 262 Å². The first kappa shape index (κ1) is 30.6. The van der Waals surface area contributed by atoms with E-state index in [1.807, 2.05) is 0 Å². The van der Waals surface area contributed by atoms with Crippen molar-refractivity contribution < 1.29 is 28.6 Å². The number of hydrogen-bond donors (Lipinski definition) is 1. The number of aromatic hydroxyl groups is 1. The minimum atomic E-state index is -0.695. The zero-order valence-electron chi connectivity index (χ0n) is 25.4. The van der Waals surface area contributed by atoms with Crippen molar-refractivity contribution in [3.63, 3.8) is 0 Å². The molecule has 0 saturated carbocycles. The van der Waals surface area contributed by atoms with Crippen LogP contribution in [0.5, 0.6) is 11.5 Å². The molecule has 2 atom stereocenters. The van der Waals surface area contributed by atoms with Gasteiger partial charge in [-0.3, -0.25) is 14.5 Å². The van der Waals surface area contributed by atoms with Crippen molar-refractivity contribution in [1.29, 1.82) is 0 Å². The molecule has 2 aromatic rings. The summed E-state index contributed by atoms with van der Waals surface area (Å²) in [6, 6.07) is 4.12. The van der Waals surface area contributed by atoms with Crippen LogP contribution in [0.3, 0.4) is 0 Å². The predicted octanol–water partition coefficient (Wildman–Crippen LogP) is 3.95. The molecule has 236 valence electrons. The number of phenolic OH excluding ortho intramolecular Hbond substituents is 1. The Balaban J connectivity index is 1.46. The van der Waals surface area contributed by atoms with Crippen LogP contribution in [0.2, 0.25) is 5.02 Å². The standard InChI is InChI=1S/C32H39ClFN5O5/c1-5-24(41)37-11-12-38-21(16-37)18-44-29-26(31(38)42)30(35-28(27(29)33)25-22(34)7-6-8-23(25)40)39-17-20(15-32(39,2)3)36(4)19-9-13-43-14-10-19/h5-8,19-21,40H,1,9-18H2,2-4H3/t20?,21-/m1/s1. The van der Waals surface area contributed by atoms with Crippen LogP contribution in [0.15, 0.2) is 30.9 Å². The minimum absolute atomic E-state index is 0.00387. The molecule has 0 spiro atoms. The molecule has 44 heavy (non-hydrogen) atoms. The Bertz CT molecular complexity index is 1460. The van der Waals surface area contributed by atoms with E-state index in [1.165, 1.54) is 24.3 Å². The Hall–Kier alpha value is -3.41. The third-order valence-corrected chi connectivity index (χ3v) is 9.98. The van der Waals surface area contributed by atoms with Gasteiger partial charge in [0, 0.05) is 57.0 Å². The molecule has 12 heteroatoms. The van der Waals surface area contributed by atoms with Crippen LogP contribution in [-0.2, 0) is 9.53 Å². The van der Waals surface area contributed by atoms with Crippen LogP contribution < -0.4 is 9.64 Å². The SMILES string of the molecule is C=CC(=O)N1CCN2C(=O)c3c(N4CC(N(C)C5CCOCC5)CC4(C)C)nc(-c4c(O)cccc4F)c(Cl)c3OC[C@H]2C1. The van der Waals surface area contributed by atoms with Crippen molar-refractivity contribution in [3.05, 3.63) is 47.3 Å². The summed E-state index contributed by atoms with van der Waals surface area (Å²) in [6.45, 7) is 10.9. The van der Waals surface area contributed by atoms with Gasteiger partial charge in [-0.25, -0.2) is 9.37 Å². The maximum Gasteiger partial charge on any atom is 0.261 e. The van der Waals surface area contributed by atoms with Crippen molar-refractivity contribution in [3.8, 4) is 22.8 Å². The number of anilines is 1. The van der Waals surface area contributed by atoms with E-state index in [-0.39, 0.29) is 64.4 Å². The van der Waals surface area contributed by atoms with Gasteiger partial charge in [-0.1, -0.05) is 24.2 Å². The molecule has 4 aliphatic rings. The van der Waals surface area contributed by atoms with E-state index in [4.69, 9.17) is 26.1 Å². The van der Waals surface area contributed by atoms with Gasteiger partial charge in [-0.15, -0.1) is 0 Å². The summed E-state index contributed by atoms with van der Waals surface area (Å²) < 4.78 is 27.2. The summed E-state index contributed by atoms with van der Waals surface area (Å²) in [5.41, 5.74) is -0.378. The first-order valence-electron chi connectivity index (χ1n) is 15.2. The molecule has 1 aromatic carbocycles. The van der Waals surface area contributed by atoms with Crippen molar-refractivity contribution in [2.45, 2.75) is 56.8 Å². The molecule has 3 saturated heterocycles. The number of likely N-dealkylation sites (N-methyl/N-ethyl adjacent to an activating group) is 1. The van der Waals surface area contributed by atoms with Crippen LogP contribution in [0.25, 0.3) is 11.3 Å². The fraction of sp³-hybridized carbons (Fsp3) is 0.531. The van der Waals surface area contributed by atoms with Gasteiger partial charge in [0.2, 0.25) is 5.91 Å². The average molecular weight is 628 g/mol. The van der Waals surface area contributed by atoms with Gasteiger partial charge in [0.1, 0.15) is 40.3 Å². The summed E-state index contributed by atoms with van der Waals surface area (Å²) in [6.07, 6.45) is 3.97. The first-order valence-corrected chi connectivity index (χ1v) is 15.5. The quantitative estimate of drug-likeness (QED) is 0.498. The lowest BCUT2D eigenvalue weighted by Gasteiger charge is -2.40. The fourth-order valence-corrected chi connectivity index (χ4v) is 7.42. The van der Waals surface area contributed by atoms with Crippen LogP contribution in [0, 0.1) is 5.82 Å². The zero-order valence-corrected chi connectivity index (χ0v) is 26.1. The lowest BCUT2D eigenvalue weighted by Crippen LogP contribution is -2.57. The first-order chi connectivity index (χ1) is 21.0. The van der Waals surface area contributed by atoms with Gasteiger partial charge >= 0.3 is 0 Å². The number of pyridine rings is 1. The lowest BCUT2D eigenvalue weighted by atomic mass is 9.97. The molecule has 10 nitrogen and oxygen atoms in total. The predicted molar refractivity (Wildman–Crippen MR) is 165 cm³/mol. The van der Waals surface area contributed by atoms with Crippen LogP contribution in [0.4, 0.5) is 10.2 Å². The molecule has 6 rings (SSSR count). The molecule has 0 bridgehead atoms. The number of aromatic nitrogens is 1. The molecule has 1 N–H and O–H groups in total. The highest BCUT2D eigenvalue weighted by Crippen LogP contribution is 2.48. The number of halogens is 2. The Morgan fingerprint density at radius 1 is 1.20 bits per heavy atom. The number of hydrogen-bond acceptors (Lipinski definition) is 8. The monoisotopic (exact) mass is 627 g/mol. The summed E-state index contributed by atoms with van der Waals surface area (Å²) >= 11 is 6.92. The van der Waals surface area contributed by atoms with Crippen molar-refractivity contribution in [2.24, 2.45) is 0 Å². The second kappa shape index (κ2) is 11.8. The summed E-state index contributed by atoms with van der Waals surface area (Å²) in [5, 5.41) is 10.7. The normalized spacial score (nSPS) is 23.7. The number of benzene rings is 1. The highest BCUT2D eigenvalue weighted by atomic mass is 35.5. The van der Waals surface area contributed by atoms with Gasteiger partial charge in [0.05, 0.1) is 11.6 Å². The molecule has 0 radical (unpaired) electrons. The van der Waals surface area contributed by atoms with Crippen LogP contribution in [0.1, 0.15) is 43.5 Å². The number of rotatable bonds is 5. The Kier molecular flexibility index (Phi) is 8.23. The van der Waals surface area contributed by atoms with Gasteiger partial charge in [-0.2, -0.15) is 0 Å². The van der Waals surface area contributed by atoms with Crippen molar-refractivity contribution >= 4 is 29.2 Å². The summed E-state index contributed by atoms with van der Waals surface area (Å²) in [7, 11) is 2.14. The van der Waals surface area contributed by atoms with Gasteiger partial charge in [0.25, 0.3) is 5.91 Å².